The van der Waals surface area contributed by atoms with E-state index in [-0.39, 0.29) is 29.9 Å². The summed E-state index contributed by atoms with van der Waals surface area (Å²) in [6.07, 6.45) is 0.716. The number of amides is 1. The van der Waals surface area contributed by atoms with E-state index >= 15 is 0 Å². The fraction of sp³-hybridized carbons (Fsp3) is 0.222. The second-order valence-corrected chi connectivity index (χ2v) is 6.12. The first-order chi connectivity index (χ1) is 11.5. The molecule has 0 aliphatic heterocycles. The first-order valence-corrected chi connectivity index (χ1v) is 8.30. The lowest BCUT2D eigenvalue weighted by Crippen LogP contribution is -2.32. The number of carbonyl (C=O) groups is 2. The smallest absolute Gasteiger partial charge is 0.338 e. The number of rotatable bonds is 6. The summed E-state index contributed by atoms with van der Waals surface area (Å²) in [6, 6.07) is 13.3. The minimum atomic E-state index is -0.655. The minimum absolute atomic E-state index is 0.0322. The lowest BCUT2D eigenvalue weighted by molar-refractivity contribution is -0.125. The van der Waals surface area contributed by atoms with Crippen molar-refractivity contribution < 1.29 is 19.4 Å². The lowest BCUT2D eigenvalue weighted by Gasteiger charge is -2.17. The predicted molar refractivity (Wildman–Crippen MR) is 93.7 cm³/mol. The van der Waals surface area contributed by atoms with Gasteiger partial charge in [-0.25, -0.2) is 4.79 Å². The highest BCUT2D eigenvalue weighted by Crippen LogP contribution is 2.19. The first kappa shape index (κ1) is 18.0. The molecule has 0 fully saturated rings. The molecule has 5 nitrogen and oxygen atoms in total. The molecule has 1 amide bonds. The molecular formula is C18H18BrNO4. The molecule has 6 heteroatoms. The molecule has 0 aliphatic rings. The summed E-state index contributed by atoms with van der Waals surface area (Å²) < 4.78 is 5.94. The minimum Gasteiger partial charge on any atom is -0.508 e. The summed E-state index contributed by atoms with van der Waals surface area (Å²) in [5.74, 6) is -1.06. The maximum absolute atomic E-state index is 12.0. The van der Waals surface area contributed by atoms with E-state index < -0.39 is 5.97 Å². The van der Waals surface area contributed by atoms with Crippen molar-refractivity contribution in [3.63, 3.8) is 0 Å². The van der Waals surface area contributed by atoms with Crippen LogP contribution in [0.15, 0.2) is 53.0 Å². The third-order valence-corrected chi connectivity index (χ3v) is 3.96. The van der Waals surface area contributed by atoms with E-state index in [0.717, 1.165) is 10.0 Å². The quantitative estimate of drug-likeness (QED) is 0.737. The van der Waals surface area contributed by atoms with Crippen LogP contribution >= 0.6 is 15.9 Å². The Morgan fingerprint density at radius 2 is 1.92 bits per heavy atom. The van der Waals surface area contributed by atoms with E-state index in [1.165, 1.54) is 24.3 Å². The standard InChI is InChI=1S/C18H18BrNO4/c1-2-16(12-6-8-14(19)9-7-12)20-17(22)11-24-18(23)13-4-3-5-15(21)10-13/h3-10,16,21H,2,11H2,1H3,(H,20,22)/t16-/m1/s1. The summed E-state index contributed by atoms with van der Waals surface area (Å²) >= 11 is 3.37. The van der Waals surface area contributed by atoms with Gasteiger partial charge in [0.2, 0.25) is 0 Å². The molecule has 126 valence electrons. The molecule has 2 rings (SSSR count). The highest BCUT2D eigenvalue weighted by Gasteiger charge is 2.15. The van der Waals surface area contributed by atoms with Crippen molar-refractivity contribution in [1.29, 1.82) is 0 Å². The molecule has 24 heavy (non-hydrogen) atoms. The van der Waals surface area contributed by atoms with Gasteiger partial charge in [0.25, 0.3) is 5.91 Å². The maximum atomic E-state index is 12.0. The summed E-state index contributed by atoms with van der Waals surface area (Å²) in [5.41, 5.74) is 1.18. The molecule has 0 spiro atoms. The van der Waals surface area contributed by atoms with E-state index in [1.807, 2.05) is 31.2 Å². The fourth-order valence-corrected chi connectivity index (χ4v) is 2.46. The second kappa shape index (κ2) is 8.49. The molecular weight excluding hydrogens is 374 g/mol. The van der Waals surface area contributed by atoms with E-state index in [1.54, 1.807) is 0 Å². The first-order valence-electron chi connectivity index (χ1n) is 7.50. The second-order valence-electron chi connectivity index (χ2n) is 5.21. The molecule has 2 N–H and O–H groups in total. The van der Waals surface area contributed by atoms with Gasteiger partial charge < -0.3 is 15.2 Å². The fourth-order valence-electron chi connectivity index (χ4n) is 2.20. The van der Waals surface area contributed by atoms with Crippen molar-refractivity contribution in [2.24, 2.45) is 0 Å². The molecule has 0 bridgehead atoms. The van der Waals surface area contributed by atoms with Crippen LogP contribution in [0, 0.1) is 0 Å². The van der Waals surface area contributed by atoms with Crippen LogP contribution in [0.4, 0.5) is 0 Å². The number of halogens is 1. The Balaban J connectivity index is 1.89. The van der Waals surface area contributed by atoms with Crippen LogP contribution in [-0.2, 0) is 9.53 Å². The number of hydrogen-bond donors (Lipinski definition) is 2. The van der Waals surface area contributed by atoms with E-state index in [9.17, 15) is 14.7 Å². The van der Waals surface area contributed by atoms with Crippen molar-refractivity contribution in [2.75, 3.05) is 6.61 Å². The topological polar surface area (TPSA) is 75.6 Å². The van der Waals surface area contributed by atoms with Gasteiger partial charge in [0.1, 0.15) is 5.75 Å². The van der Waals surface area contributed by atoms with Gasteiger partial charge in [0.05, 0.1) is 11.6 Å². The zero-order valence-corrected chi connectivity index (χ0v) is 14.7. The molecule has 2 aromatic carbocycles. The number of hydrogen-bond acceptors (Lipinski definition) is 4. The average Bonchev–Trinajstić information content (AvgIpc) is 2.58. The van der Waals surface area contributed by atoms with Crippen molar-refractivity contribution in [3.05, 3.63) is 64.1 Å². The summed E-state index contributed by atoms with van der Waals surface area (Å²) in [4.78, 5) is 23.9. The third-order valence-electron chi connectivity index (χ3n) is 3.43. The van der Waals surface area contributed by atoms with Crippen LogP contribution in [0.5, 0.6) is 5.75 Å². The Morgan fingerprint density at radius 1 is 1.21 bits per heavy atom. The maximum Gasteiger partial charge on any atom is 0.338 e. The van der Waals surface area contributed by atoms with Crippen LogP contribution < -0.4 is 5.32 Å². The van der Waals surface area contributed by atoms with Gasteiger partial charge in [0.15, 0.2) is 6.61 Å². The molecule has 0 radical (unpaired) electrons. The summed E-state index contributed by atoms with van der Waals surface area (Å²) in [6.45, 7) is 1.59. The van der Waals surface area contributed by atoms with Gasteiger partial charge in [-0.3, -0.25) is 4.79 Å². The van der Waals surface area contributed by atoms with E-state index in [2.05, 4.69) is 21.2 Å². The van der Waals surface area contributed by atoms with Gasteiger partial charge in [-0.1, -0.05) is 41.1 Å². The zero-order valence-electron chi connectivity index (χ0n) is 13.2. The zero-order chi connectivity index (χ0) is 17.5. The normalized spacial score (nSPS) is 11.6. The van der Waals surface area contributed by atoms with Gasteiger partial charge in [0, 0.05) is 4.47 Å². The Hall–Kier alpha value is -2.34. The van der Waals surface area contributed by atoms with Gasteiger partial charge in [-0.15, -0.1) is 0 Å². The number of aromatic hydroxyl groups is 1. The molecule has 0 aliphatic carbocycles. The molecule has 0 unspecified atom stereocenters. The van der Waals surface area contributed by atoms with Gasteiger partial charge in [-0.2, -0.15) is 0 Å². The van der Waals surface area contributed by atoms with Crippen LogP contribution in [0.3, 0.4) is 0 Å². The van der Waals surface area contributed by atoms with Crippen molar-refractivity contribution in [3.8, 4) is 5.75 Å². The number of phenolic OH excluding ortho intramolecular Hbond substituents is 1. The van der Waals surface area contributed by atoms with Gasteiger partial charge in [-0.05, 0) is 42.3 Å². The van der Waals surface area contributed by atoms with Crippen LogP contribution in [-0.4, -0.2) is 23.6 Å². The number of phenols is 1. The number of esters is 1. The van der Waals surface area contributed by atoms with Gasteiger partial charge >= 0.3 is 5.97 Å². The van der Waals surface area contributed by atoms with Crippen molar-refractivity contribution in [2.45, 2.75) is 19.4 Å². The number of carbonyl (C=O) groups excluding carboxylic acids is 2. The Bertz CT molecular complexity index is 715. The highest BCUT2D eigenvalue weighted by molar-refractivity contribution is 9.10. The molecule has 0 heterocycles. The highest BCUT2D eigenvalue weighted by atomic mass is 79.9. The number of nitrogens with one attached hydrogen (secondary N) is 1. The number of benzene rings is 2. The predicted octanol–water partition coefficient (Wildman–Crippen LogP) is 3.58. The lowest BCUT2D eigenvalue weighted by atomic mass is 10.0. The Kier molecular flexibility index (Phi) is 6.37. The molecule has 0 saturated heterocycles. The van der Waals surface area contributed by atoms with Crippen molar-refractivity contribution >= 4 is 27.8 Å². The molecule has 0 saturated carbocycles. The monoisotopic (exact) mass is 391 g/mol. The average molecular weight is 392 g/mol. The van der Waals surface area contributed by atoms with Crippen LogP contribution in [0.25, 0.3) is 0 Å². The molecule has 0 aromatic heterocycles. The van der Waals surface area contributed by atoms with E-state index in [4.69, 9.17) is 4.74 Å². The Morgan fingerprint density at radius 3 is 2.54 bits per heavy atom. The van der Waals surface area contributed by atoms with Crippen LogP contribution in [0.1, 0.15) is 35.3 Å². The van der Waals surface area contributed by atoms with Crippen molar-refractivity contribution in [1.82, 2.24) is 5.32 Å². The SMILES string of the molecule is CC[C@@H](NC(=O)COC(=O)c1cccc(O)c1)c1ccc(Br)cc1. The third kappa shape index (κ3) is 5.09. The largest absolute Gasteiger partial charge is 0.508 e. The summed E-state index contributed by atoms with van der Waals surface area (Å²) in [7, 11) is 0. The molecule has 1 atom stereocenters. The number of ether oxygens (including phenoxy) is 1. The summed E-state index contributed by atoms with van der Waals surface area (Å²) in [5, 5.41) is 12.2. The van der Waals surface area contributed by atoms with Crippen LogP contribution in [0.2, 0.25) is 0 Å². The molecule has 2 aromatic rings. The Labute approximate surface area is 148 Å². The van der Waals surface area contributed by atoms with E-state index in [0.29, 0.717) is 6.42 Å².